The molecule has 1 spiro atoms. The Morgan fingerprint density at radius 1 is 1.33 bits per heavy atom. The molecule has 0 bridgehead atoms. The van der Waals surface area contributed by atoms with Crippen LogP contribution < -0.4 is 5.73 Å². The van der Waals surface area contributed by atoms with Gasteiger partial charge in [0.1, 0.15) is 0 Å². The summed E-state index contributed by atoms with van der Waals surface area (Å²) in [4.78, 5) is 0. The van der Waals surface area contributed by atoms with Crippen LogP contribution in [-0.2, 0) is 4.74 Å². The van der Waals surface area contributed by atoms with E-state index in [0.29, 0.717) is 11.6 Å². The van der Waals surface area contributed by atoms with Gasteiger partial charge in [0.05, 0.1) is 18.2 Å². The first-order valence-corrected chi connectivity index (χ1v) is 3.78. The first kappa shape index (κ1) is 5.69. The van der Waals surface area contributed by atoms with E-state index >= 15 is 0 Å². The molecule has 0 atom stereocenters. The summed E-state index contributed by atoms with van der Waals surface area (Å²) in [6.07, 6.45) is 5.09. The Labute approximate surface area is 55.4 Å². The number of hydrogen-bond acceptors (Lipinski definition) is 1. The number of quaternary nitrogens is 1. The van der Waals surface area contributed by atoms with E-state index in [4.69, 9.17) is 4.74 Å². The molecule has 0 amide bonds. The highest BCUT2D eigenvalue weighted by molar-refractivity contribution is 4.95. The third-order valence-electron chi connectivity index (χ3n) is 2.57. The number of ether oxygens (including phenoxy) is 1. The summed E-state index contributed by atoms with van der Waals surface area (Å²) in [7, 11) is 0. The van der Waals surface area contributed by atoms with E-state index in [0.717, 1.165) is 6.61 Å². The van der Waals surface area contributed by atoms with E-state index in [-0.39, 0.29) is 0 Å². The minimum Gasteiger partial charge on any atom is -0.370 e. The Bertz CT molecular complexity index is 110. The third kappa shape index (κ3) is 0.970. The largest absolute Gasteiger partial charge is 0.370 e. The fourth-order valence-electron chi connectivity index (χ4n) is 1.59. The lowest BCUT2D eigenvalue weighted by Gasteiger charge is -2.20. The second-order valence-electron chi connectivity index (χ2n) is 3.42. The molecule has 0 aromatic rings. The van der Waals surface area contributed by atoms with Crippen LogP contribution in [0.25, 0.3) is 0 Å². The van der Waals surface area contributed by atoms with E-state index in [1.54, 1.807) is 0 Å². The molecule has 0 radical (unpaired) electrons. The molecule has 1 aliphatic heterocycles. The zero-order valence-electron chi connectivity index (χ0n) is 5.73. The van der Waals surface area contributed by atoms with Crippen LogP contribution in [0.15, 0.2) is 0 Å². The number of rotatable bonds is 0. The van der Waals surface area contributed by atoms with Gasteiger partial charge < -0.3 is 10.5 Å². The summed E-state index contributed by atoms with van der Waals surface area (Å²) in [6, 6.07) is 0.708. The lowest BCUT2D eigenvalue weighted by atomic mass is 9.87. The van der Waals surface area contributed by atoms with Crippen molar-refractivity contribution in [2.75, 3.05) is 6.61 Å². The molecule has 0 unspecified atom stereocenters. The molecule has 9 heavy (non-hydrogen) atoms. The van der Waals surface area contributed by atoms with Crippen LogP contribution in [0, 0.1) is 0 Å². The second kappa shape index (κ2) is 1.70. The van der Waals surface area contributed by atoms with Crippen LogP contribution in [0.1, 0.15) is 25.7 Å². The van der Waals surface area contributed by atoms with Gasteiger partial charge in [-0.15, -0.1) is 0 Å². The predicted molar refractivity (Wildman–Crippen MR) is 33.8 cm³/mol. The normalized spacial score (nSPS) is 49.7. The SMILES string of the molecule is [NH3+]C1CCC2(CC1)CO2. The van der Waals surface area contributed by atoms with Crippen molar-refractivity contribution < 1.29 is 10.5 Å². The first-order chi connectivity index (χ1) is 4.31. The zero-order valence-corrected chi connectivity index (χ0v) is 5.73. The van der Waals surface area contributed by atoms with Gasteiger partial charge in [-0.05, 0) is 12.8 Å². The Morgan fingerprint density at radius 2 is 1.89 bits per heavy atom. The van der Waals surface area contributed by atoms with Crippen LogP contribution in [0.4, 0.5) is 0 Å². The Hall–Kier alpha value is -0.0800. The Balaban J connectivity index is 1.91. The quantitative estimate of drug-likeness (QED) is 0.456. The van der Waals surface area contributed by atoms with Crippen molar-refractivity contribution in [1.29, 1.82) is 0 Å². The van der Waals surface area contributed by atoms with E-state index in [1.807, 2.05) is 0 Å². The summed E-state index contributed by atoms with van der Waals surface area (Å²) in [6.45, 7) is 1.03. The molecular formula is C7H14NO+. The molecule has 0 aromatic carbocycles. The van der Waals surface area contributed by atoms with Gasteiger partial charge in [0, 0.05) is 12.8 Å². The average molecular weight is 128 g/mol. The molecule has 2 heteroatoms. The van der Waals surface area contributed by atoms with E-state index in [1.165, 1.54) is 25.7 Å². The average Bonchev–Trinajstić information content (AvgIpc) is 2.60. The van der Waals surface area contributed by atoms with Crippen LogP contribution in [-0.4, -0.2) is 18.2 Å². The van der Waals surface area contributed by atoms with Crippen molar-refractivity contribution in [2.45, 2.75) is 37.3 Å². The molecule has 1 aliphatic carbocycles. The summed E-state index contributed by atoms with van der Waals surface area (Å²) in [5, 5.41) is 0. The van der Waals surface area contributed by atoms with Crippen LogP contribution >= 0.6 is 0 Å². The van der Waals surface area contributed by atoms with Gasteiger partial charge in [-0.2, -0.15) is 0 Å². The van der Waals surface area contributed by atoms with Crippen LogP contribution in [0.2, 0.25) is 0 Å². The topological polar surface area (TPSA) is 40.2 Å². The lowest BCUT2D eigenvalue weighted by molar-refractivity contribution is -0.426. The van der Waals surface area contributed by atoms with Gasteiger partial charge in [-0.1, -0.05) is 0 Å². The molecule has 2 nitrogen and oxygen atoms in total. The molecule has 0 aromatic heterocycles. The van der Waals surface area contributed by atoms with Gasteiger partial charge in [0.25, 0.3) is 0 Å². The van der Waals surface area contributed by atoms with Crippen molar-refractivity contribution >= 4 is 0 Å². The smallest absolute Gasteiger partial charge is 0.0921 e. The van der Waals surface area contributed by atoms with E-state index in [9.17, 15) is 0 Å². The van der Waals surface area contributed by atoms with E-state index in [2.05, 4.69) is 5.73 Å². The monoisotopic (exact) mass is 128 g/mol. The molecule has 2 aliphatic rings. The molecule has 1 saturated heterocycles. The van der Waals surface area contributed by atoms with Gasteiger partial charge in [-0.25, -0.2) is 0 Å². The highest BCUT2D eigenvalue weighted by Crippen LogP contribution is 2.40. The number of epoxide rings is 1. The molecule has 1 heterocycles. The van der Waals surface area contributed by atoms with Gasteiger partial charge in [0.15, 0.2) is 0 Å². The first-order valence-electron chi connectivity index (χ1n) is 3.78. The maximum absolute atomic E-state index is 5.36. The fourth-order valence-corrected chi connectivity index (χ4v) is 1.59. The molecule has 52 valence electrons. The van der Waals surface area contributed by atoms with Crippen molar-refractivity contribution in [3.63, 3.8) is 0 Å². The van der Waals surface area contributed by atoms with E-state index < -0.39 is 0 Å². The highest BCUT2D eigenvalue weighted by atomic mass is 16.6. The second-order valence-corrected chi connectivity index (χ2v) is 3.42. The molecule has 3 N–H and O–H groups in total. The van der Waals surface area contributed by atoms with Crippen LogP contribution in [0.5, 0.6) is 0 Å². The standard InChI is InChI=1S/C7H13NO/c8-6-1-3-7(4-2-6)5-9-7/h6H,1-5,8H2/p+1. The van der Waals surface area contributed by atoms with Crippen molar-refractivity contribution in [2.24, 2.45) is 0 Å². The van der Waals surface area contributed by atoms with Gasteiger partial charge in [0.2, 0.25) is 0 Å². The van der Waals surface area contributed by atoms with Crippen molar-refractivity contribution in [3.05, 3.63) is 0 Å². The van der Waals surface area contributed by atoms with Crippen molar-refractivity contribution in [1.82, 2.24) is 0 Å². The molecule has 1 saturated carbocycles. The minimum absolute atomic E-state index is 0.369. The summed E-state index contributed by atoms with van der Waals surface area (Å²) < 4.78 is 5.36. The third-order valence-corrected chi connectivity index (χ3v) is 2.57. The lowest BCUT2D eigenvalue weighted by Crippen LogP contribution is -2.62. The fraction of sp³-hybridized carbons (Fsp3) is 1.00. The van der Waals surface area contributed by atoms with Gasteiger partial charge in [-0.3, -0.25) is 0 Å². The Morgan fingerprint density at radius 3 is 2.33 bits per heavy atom. The predicted octanol–water partition coefficient (Wildman–Crippen LogP) is -0.0601. The maximum atomic E-state index is 5.36. The maximum Gasteiger partial charge on any atom is 0.0921 e. The summed E-state index contributed by atoms with van der Waals surface area (Å²) in [5.74, 6) is 0. The zero-order chi connectivity index (χ0) is 6.32. The molecule has 2 fully saturated rings. The summed E-state index contributed by atoms with van der Waals surface area (Å²) in [5.41, 5.74) is 4.40. The summed E-state index contributed by atoms with van der Waals surface area (Å²) >= 11 is 0. The van der Waals surface area contributed by atoms with Crippen LogP contribution in [0.3, 0.4) is 0 Å². The van der Waals surface area contributed by atoms with Gasteiger partial charge >= 0.3 is 0 Å². The number of hydrogen-bond donors (Lipinski definition) is 1. The Kier molecular flexibility index (Phi) is 1.08. The minimum atomic E-state index is 0.369. The molecule has 2 rings (SSSR count). The molecular weight excluding hydrogens is 114 g/mol. The van der Waals surface area contributed by atoms with Crippen molar-refractivity contribution in [3.8, 4) is 0 Å². The highest BCUT2D eigenvalue weighted by Gasteiger charge is 2.46.